The Labute approximate surface area is 82.1 Å². The predicted octanol–water partition coefficient (Wildman–Crippen LogP) is 1.04. The maximum Gasteiger partial charge on any atom is 0.259 e. The standard InChI is InChI=1S/C8H6BrN3O/c9-5-1-2-7-11-6(10)3-8(13)12(7)4-5/h1-4H,10H2. The molecule has 2 heterocycles. The first-order valence-corrected chi connectivity index (χ1v) is 4.40. The number of nitrogen functional groups attached to an aromatic ring is 1. The monoisotopic (exact) mass is 239 g/mol. The number of anilines is 1. The van der Waals surface area contributed by atoms with Crippen LogP contribution in [0.3, 0.4) is 0 Å². The van der Waals surface area contributed by atoms with Crippen LogP contribution in [0.4, 0.5) is 5.82 Å². The minimum Gasteiger partial charge on any atom is -0.383 e. The number of nitrogens with zero attached hydrogens (tertiary/aromatic N) is 2. The lowest BCUT2D eigenvalue weighted by Gasteiger charge is -2.00. The molecule has 4 nitrogen and oxygen atoms in total. The maximum atomic E-state index is 11.4. The first kappa shape index (κ1) is 8.25. The van der Waals surface area contributed by atoms with Crippen LogP contribution in [-0.2, 0) is 0 Å². The molecule has 0 spiro atoms. The van der Waals surface area contributed by atoms with Gasteiger partial charge in [-0.15, -0.1) is 0 Å². The second-order valence-corrected chi connectivity index (χ2v) is 3.51. The highest BCUT2D eigenvalue weighted by Gasteiger charge is 1.98. The molecular formula is C8H6BrN3O. The van der Waals surface area contributed by atoms with E-state index in [0.29, 0.717) is 5.65 Å². The lowest BCUT2D eigenvalue weighted by atomic mass is 10.4. The predicted molar refractivity (Wildman–Crippen MR) is 53.6 cm³/mol. The van der Waals surface area contributed by atoms with E-state index in [-0.39, 0.29) is 11.4 Å². The molecule has 0 saturated heterocycles. The summed E-state index contributed by atoms with van der Waals surface area (Å²) in [5.41, 5.74) is 5.80. The molecule has 0 saturated carbocycles. The van der Waals surface area contributed by atoms with Crippen molar-refractivity contribution in [3.8, 4) is 0 Å². The molecule has 0 radical (unpaired) electrons. The van der Waals surface area contributed by atoms with Crippen LogP contribution in [0.15, 0.2) is 33.7 Å². The van der Waals surface area contributed by atoms with Crippen LogP contribution >= 0.6 is 15.9 Å². The van der Waals surface area contributed by atoms with Gasteiger partial charge in [0, 0.05) is 16.7 Å². The molecule has 0 bridgehead atoms. The zero-order valence-electron chi connectivity index (χ0n) is 6.57. The molecule has 0 amide bonds. The van der Waals surface area contributed by atoms with Gasteiger partial charge in [0.15, 0.2) is 0 Å². The fourth-order valence-corrected chi connectivity index (χ4v) is 1.43. The lowest BCUT2D eigenvalue weighted by Crippen LogP contribution is -2.14. The number of nitrogens with two attached hydrogens (primary N) is 1. The number of hydrogen-bond acceptors (Lipinski definition) is 3. The smallest absolute Gasteiger partial charge is 0.259 e. The molecule has 0 fully saturated rings. The highest BCUT2D eigenvalue weighted by Crippen LogP contribution is 2.09. The van der Waals surface area contributed by atoms with Gasteiger partial charge in [0.25, 0.3) is 5.56 Å². The summed E-state index contributed by atoms with van der Waals surface area (Å²) in [5.74, 6) is 0.243. The number of pyridine rings is 1. The number of rotatable bonds is 0. The summed E-state index contributed by atoms with van der Waals surface area (Å²) in [6.07, 6.45) is 1.66. The molecular weight excluding hydrogens is 234 g/mol. The molecule has 2 aromatic rings. The van der Waals surface area contributed by atoms with Crippen molar-refractivity contribution in [3.63, 3.8) is 0 Å². The average Bonchev–Trinajstić information content (AvgIpc) is 2.06. The molecule has 2 rings (SSSR count). The Balaban J connectivity index is 2.95. The van der Waals surface area contributed by atoms with E-state index in [0.717, 1.165) is 4.47 Å². The summed E-state index contributed by atoms with van der Waals surface area (Å²) in [4.78, 5) is 15.4. The second-order valence-electron chi connectivity index (χ2n) is 2.59. The topological polar surface area (TPSA) is 60.4 Å². The SMILES string of the molecule is Nc1cc(=O)n2cc(Br)ccc2n1. The third-order valence-corrected chi connectivity index (χ3v) is 2.11. The van der Waals surface area contributed by atoms with E-state index >= 15 is 0 Å². The van der Waals surface area contributed by atoms with Crippen LogP contribution in [-0.4, -0.2) is 9.38 Å². The normalized spacial score (nSPS) is 10.5. The fraction of sp³-hybridized carbons (Fsp3) is 0. The first-order chi connectivity index (χ1) is 6.16. The van der Waals surface area contributed by atoms with E-state index in [1.54, 1.807) is 18.3 Å². The van der Waals surface area contributed by atoms with Gasteiger partial charge in [-0.1, -0.05) is 0 Å². The Morgan fingerprint density at radius 3 is 3.00 bits per heavy atom. The quantitative estimate of drug-likeness (QED) is 0.748. The zero-order valence-corrected chi connectivity index (χ0v) is 8.15. The molecule has 0 atom stereocenters. The minimum absolute atomic E-state index is 0.177. The van der Waals surface area contributed by atoms with Crippen molar-refractivity contribution < 1.29 is 0 Å². The summed E-state index contributed by atoms with van der Waals surface area (Å²) in [5, 5.41) is 0. The van der Waals surface area contributed by atoms with Gasteiger partial charge >= 0.3 is 0 Å². The van der Waals surface area contributed by atoms with Crippen LogP contribution in [0.2, 0.25) is 0 Å². The van der Waals surface area contributed by atoms with Crippen molar-refractivity contribution in [2.45, 2.75) is 0 Å². The Morgan fingerprint density at radius 1 is 1.46 bits per heavy atom. The zero-order chi connectivity index (χ0) is 9.42. The van der Waals surface area contributed by atoms with Gasteiger partial charge in [0.2, 0.25) is 0 Å². The van der Waals surface area contributed by atoms with Crippen molar-refractivity contribution in [3.05, 3.63) is 39.2 Å². The van der Waals surface area contributed by atoms with Gasteiger partial charge in [-0.25, -0.2) is 4.98 Å². The van der Waals surface area contributed by atoms with Crippen molar-refractivity contribution in [2.24, 2.45) is 0 Å². The number of halogens is 1. The van der Waals surface area contributed by atoms with Crippen LogP contribution in [0.1, 0.15) is 0 Å². The summed E-state index contributed by atoms with van der Waals surface area (Å²) in [6.45, 7) is 0. The summed E-state index contributed by atoms with van der Waals surface area (Å²) in [7, 11) is 0. The van der Waals surface area contributed by atoms with Gasteiger partial charge in [-0.3, -0.25) is 9.20 Å². The summed E-state index contributed by atoms with van der Waals surface area (Å²) < 4.78 is 2.26. The third-order valence-electron chi connectivity index (χ3n) is 1.64. The first-order valence-electron chi connectivity index (χ1n) is 3.61. The van der Waals surface area contributed by atoms with Crippen LogP contribution < -0.4 is 11.3 Å². The Bertz CT molecular complexity index is 520. The Hall–Kier alpha value is -1.36. The Morgan fingerprint density at radius 2 is 2.23 bits per heavy atom. The third kappa shape index (κ3) is 1.42. The van der Waals surface area contributed by atoms with Gasteiger partial charge < -0.3 is 5.73 Å². The van der Waals surface area contributed by atoms with Gasteiger partial charge in [0.1, 0.15) is 11.5 Å². The van der Waals surface area contributed by atoms with Crippen molar-refractivity contribution in [1.82, 2.24) is 9.38 Å². The molecule has 0 aliphatic heterocycles. The molecule has 0 aliphatic carbocycles. The Kier molecular flexibility index (Phi) is 1.81. The molecule has 5 heteroatoms. The van der Waals surface area contributed by atoms with E-state index in [1.807, 2.05) is 0 Å². The number of hydrogen-bond donors (Lipinski definition) is 1. The second kappa shape index (κ2) is 2.85. The maximum absolute atomic E-state index is 11.4. The van der Waals surface area contributed by atoms with E-state index in [1.165, 1.54) is 10.5 Å². The van der Waals surface area contributed by atoms with Gasteiger partial charge in [0.05, 0.1) is 0 Å². The fourth-order valence-electron chi connectivity index (χ4n) is 1.10. The molecule has 66 valence electrons. The van der Waals surface area contributed by atoms with E-state index in [2.05, 4.69) is 20.9 Å². The highest BCUT2D eigenvalue weighted by atomic mass is 79.9. The molecule has 0 aliphatic rings. The lowest BCUT2D eigenvalue weighted by molar-refractivity contribution is 1.04. The summed E-state index contributed by atoms with van der Waals surface area (Å²) >= 11 is 3.27. The minimum atomic E-state index is -0.177. The van der Waals surface area contributed by atoms with Crippen LogP contribution in [0.25, 0.3) is 5.65 Å². The molecule has 0 aromatic carbocycles. The van der Waals surface area contributed by atoms with Crippen LogP contribution in [0, 0.1) is 0 Å². The molecule has 13 heavy (non-hydrogen) atoms. The number of aromatic nitrogens is 2. The van der Waals surface area contributed by atoms with Crippen molar-refractivity contribution in [1.29, 1.82) is 0 Å². The molecule has 2 N–H and O–H groups in total. The van der Waals surface area contributed by atoms with E-state index in [4.69, 9.17) is 5.73 Å². The van der Waals surface area contributed by atoms with Gasteiger partial charge in [-0.05, 0) is 28.1 Å². The van der Waals surface area contributed by atoms with E-state index in [9.17, 15) is 4.79 Å². The molecule has 2 aromatic heterocycles. The highest BCUT2D eigenvalue weighted by molar-refractivity contribution is 9.10. The van der Waals surface area contributed by atoms with Crippen LogP contribution in [0.5, 0.6) is 0 Å². The van der Waals surface area contributed by atoms with Gasteiger partial charge in [-0.2, -0.15) is 0 Å². The van der Waals surface area contributed by atoms with E-state index < -0.39 is 0 Å². The average molecular weight is 240 g/mol. The summed E-state index contributed by atoms with van der Waals surface area (Å²) in [6, 6.07) is 4.82. The van der Waals surface area contributed by atoms with Crippen molar-refractivity contribution in [2.75, 3.05) is 5.73 Å². The number of fused-ring (bicyclic) bond motifs is 1. The largest absolute Gasteiger partial charge is 0.383 e. The van der Waals surface area contributed by atoms with Crippen molar-refractivity contribution >= 4 is 27.4 Å². The molecule has 0 unspecified atom stereocenters.